The van der Waals surface area contributed by atoms with Crippen LogP contribution in [0.5, 0.6) is 0 Å². The van der Waals surface area contributed by atoms with Gasteiger partial charge in [0.1, 0.15) is 0 Å². The van der Waals surface area contributed by atoms with Crippen LogP contribution in [-0.4, -0.2) is 19.3 Å². The maximum Gasteiger partial charge on any atom is 0.0620 e. The Labute approximate surface area is 101 Å². The van der Waals surface area contributed by atoms with Crippen LogP contribution < -0.4 is 5.73 Å². The highest BCUT2D eigenvalue weighted by Crippen LogP contribution is 2.25. The highest BCUT2D eigenvalue weighted by molar-refractivity contribution is 4.76. The van der Waals surface area contributed by atoms with Gasteiger partial charge in [0, 0.05) is 12.6 Å². The molecule has 16 heavy (non-hydrogen) atoms. The van der Waals surface area contributed by atoms with Gasteiger partial charge in [-0.15, -0.1) is 0 Å². The van der Waals surface area contributed by atoms with E-state index in [4.69, 9.17) is 10.5 Å². The molecule has 1 saturated carbocycles. The molecule has 0 bridgehead atoms. The summed E-state index contributed by atoms with van der Waals surface area (Å²) in [5.41, 5.74) is 6.16. The average Bonchev–Trinajstić information content (AvgIpc) is 2.34. The molecule has 96 valence electrons. The average molecular weight is 227 g/mol. The zero-order chi connectivity index (χ0) is 11.6. The first-order valence-electron chi connectivity index (χ1n) is 7.18. The second kappa shape index (κ2) is 9.00. The van der Waals surface area contributed by atoms with E-state index in [-0.39, 0.29) is 6.04 Å². The standard InChI is InChI=1S/C14H29NO/c1-2-3-4-8-11-16-12-14(15)13-9-6-5-7-10-13/h13-14H,2-12,15H2,1H3. The van der Waals surface area contributed by atoms with E-state index in [2.05, 4.69) is 6.92 Å². The molecule has 1 aliphatic carbocycles. The minimum Gasteiger partial charge on any atom is -0.380 e. The molecule has 0 aromatic heterocycles. The number of hydrogen-bond donors (Lipinski definition) is 1. The molecule has 0 spiro atoms. The summed E-state index contributed by atoms with van der Waals surface area (Å²) in [6.07, 6.45) is 11.9. The van der Waals surface area contributed by atoms with Crippen molar-refractivity contribution in [1.29, 1.82) is 0 Å². The van der Waals surface area contributed by atoms with Gasteiger partial charge in [-0.2, -0.15) is 0 Å². The summed E-state index contributed by atoms with van der Waals surface area (Å²) in [6, 6.07) is 0.284. The van der Waals surface area contributed by atoms with E-state index < -0.39 is 0 Å². The molecule has 0 saturated heterocycles. The molecule has 1 unspecified atom stereocenters. The Bertz CT molecular complexity index is 155. The van der Waals surface area contributed by atoms with Crippen molar-refractivity contribution >= 4 is 0 Å². The van der Waals surface area contributed by atoms with E-state index >= 15 is 0 Å². The Morgan fingerprint density at radius 1 is 1.12 bits per heavy atom. The third-order valence-corrected chi connectivity index (χ3v) is 3.71. The molecule has 2 N–H and O–H groups in total. The molecular formula is C14H29NO. The first-order valence-corrected chi connectivity index (χ1v) is 7.18. The number of rotatable bonds is 8. The third kappa shape index (κ3) is 5.86. The van der Waals surface area contributed by atoms with Crippen molar-refractivity contribution in [2.24, 2.45) is 11.7 Å². The van der Waals surface area contributed by atoms with Crippen LogP contribution in [0.3, 0.4) is 0 Å². The van der Waals surface area contributed by atoms with Crippen molar-refractivity contribution < 1.29 is 4.74 Å². The number of hydrogen-bond acceptors (Lipinski definition) is 2. The van der Waals surface area contributed by atoms with Gasteiger partial charge in [0.2, 0.25) is 0 Å². The largest absolute Gasteiger partial charge is 0.380 e. The van der Waals surface area contributed by atoms with Gasteiger partial charge >= 0.3 is 0 Å². The van der Waals surface area contributed by atoms with Crippen LogP contribution in [0.4, 0.5) is 0 Å². The van der Waals surface area contributed by atoms with Crippen molar-refractivity contribution in [1.82, 2.24) is 0 Å². The molecular weight excluding hydrogens is 198 g/mol. The van der Waals surface area contributed by atoms with Gasteiger partial charge in [-0.1, -0.05) is 45.4 Å². The summed E-state index contributed by atoms with van der Waals surface area (Å²) < 4.78 is 5.67. The summed E-state index contributed by atoms with van der Waals surface area (Å²) in [7, 11) is 0. The third-order valence-electron chi connectivity index (χ3n) is 3.71. The van der Waals surface area contributed by atoms with E-state index in [9.17, 15) is 0 Å². The van der Waals surface area contributed by atoms with Gasteiger partial charge < -0.3 is 10.5 Å². The van der Waals surface area contributed by atoms with Crippen molar-refractivity contribution in [3.63, 3.8) is 0 Å². The Kier molecular flexibility index (Phi) is 7.87. The summed E-state index contributed by atoms with van der Waals surface area (Å²) in [6.45, 7) is 3.91. The van der Waals surface area contributed by atoms with Crippen LogP contribution in [-0.2, 0) is 4.74 Å². The van der Waals surface area contributed by atoms with Crippen LogP contribution in [0.25, 0.3) is 0 Å². The second-order valence-corrected chi connectivity index (χ2v) is 5.20. The highest BCUT2D eigenvalue weighted by Gasteiger charge is 2.20. The molecule has 0 heterocycles. The van der Waals surface area contributed by atoms with Gasteiger partial charge in [0.15, 0.2) is 0 Å². The lowest BCUT2D eigenvalue weighted by Crippen LogP contribution is -2.36. The normalized spacial score (nSPS) is 19.9. The van der Waals surface area contributed by atoms with Crippen LogP contribution in [0.15, 0.2) is 0 Å². The highest BCUT2D eigenvalue weighted by atomic mass is 16.5. The number of ether oxygens (including phenoxy) is 1. The molecule has 0 radical (unpaired) electrons. The summed E-state index contributed by atoms with van der Waals surface area (Å²) in [4.78, 5) is 0. The minimum atomic E-state index is 0.284. The Morgan fingerprint density at radius 2 is 1.88 bits per heavy atom. The van der Waals surface area contributed by atoms with Crippen LogP contribution in [0.1, 0.15) is 64.7 Å². The summed E-state index contributed by atoms with van der Waals surface area (Å²) in [5, 5.41) is 0. The van der Waals surface area contributed by atoms with Crippen molar-refractivity contribution in [2.45, 2.75) is 70.8 Å². The van der Waals surface area contributed by atoms with Crippen LogP contribution in [0.2, 0.25) is 0 Å². The maximum absolute atomic E-state index is 6.16. The maximum atomic E-state index is 6.16. The fourth-order valence-electron chi connectivity index (χ4n) is 2.55. The predicted molar refractivity (Wildman–Crippen MR) is 69.5 cm³/mol. The van der Waals surface area contributed by atoms with Gasteiger partial charge in [-0.05, 0) is 25.2 Å². The van der Waals surface area contributed by atoms with Crippen molar-refractivity contribution in [2.75, 3.05) is 13.2 Å². The fourth-order valence-corrected chi connectivity index (χ4v) is 2.55. The number of unbranched alkanes of at least 4 members (excludes halogenated alkanes) is 3. The molecule has 0 amide bonds. The van der Waals surface area contributed by atoms with Gasteiger partial charge in [-0.3, -0.25) is 0 Å². The molecule has 1 atom stereocenters. The molecule has 0 aliphatic heterocycles. The van der Waals surface area contributed by atoms with E-state index in [0.717, 1.165) is 19.1 Å². The summed E-state index contributed by atoms with van der Waals surface area (Å²) in [5.74, 6) is 0.726. The second-order valence-electron chi connectivity index (χ2n) is 5.20. The lowest BCUT2D eigenvalue weighted by atomic mass is 9.84. The summed E-state index contributed by atoms with van der Waals surface area (Å²) >= 11 is 0. The minimum absolute atomic E-state index is 0.284. The molecule has 2 nitrogen and oxygen atoms in total. The van der Waals surface area contributed by atoms with Gasteiger partial charge in [0.25, 0.3) is 0 Å². The molecule has 1 fully saturated rings. The van der Waals surface area contributed by atoms with E-state index in [0.29, 0.717) is 0 Å². The molecule has 1 rings (SSSR count). The molecule has 0 aromatic rings. The van der Waals surface area contributed by atoms with Crippen molar-refractivity contribution in [3.8, 4) is 0 Å². The van der Waals surface area contributed by atoms with E-state index in [1.54, 1.807) is 0 Å². The smallest absolute Gasteiger partial charge is 0.0620 e. The zero-order valence-corrected chi connectivity index (χ0v) is 10.9. The molecule has 0 aromatic carbocycles. The quantitative estimate of drug-likeness (QED) is 0.644. The number of nitrogens with two attached hydrogens (primary N) is 1. The van der Waals surface area contributed by atoms with E-state index in [1.165, 1.54) is 57.8 Å². The first kappa shape index (κ1) is 14.0. The molecule has 2 heteroatoms. The Morgan fingerprint density at radius 3 is 2.56 bits per heavy atom. The Balaban J connectivity index is 1.94. The lowest BCUT2D eigenvalue weighted by Gasteiger charge is -2.27. The zero-order valence-electron chi connectivity index (χ0n) is 10.9. The lowest BCUT2D eigenvalue weighted by molar-refractivity contribution is 0.0946. The molecule has 1 aliphatic rings. The van der Waals surface area contributed by atoms with Crippen LogP contribution in [0, 0.1) is 5.92 Å². The monoisotopic (exact) mass is 227 g/mol. The van der Waals surface area contributed by atoms with E-state index in [1.807, 2.05) is 0 Å². The topological polar surface area (TPSA) is 35.2 Å². The van der Waals surface area contributed by atoms with Gasteiger partial charge in [0.05, 0.1) is 6.61 Å². The van der Waals surface area contributed by atoms with Gasteiger partial charge in [-0.25, -0.2) is 0 Å². The van der Waals surface area contributed by atoms with Crippen LogP contribution >= 0.6 is 0 Å². The predicted octanol–water partition coefficient (Wildman–Crippen LogP) is 3.49. The van der Waals surface area contributed by atoms with Crippen molar-refractivity contribution in [3.05, 3.63) is 0 Å². The first-order chi connectivity index (χ1) is 7.84. The fraction of sp³-hybridized carbons (Fsp3) is 1.00. The Hall–Kier alpha value is -0.0800. The SMILES string of the molecule is CCCCCCOCC(N)C1CCCCC1.